The maximum atomic E-state index is 11.8. The van der Waals surface area contributed by atoms with Gasteiger partial charge < -0.3 is 13.9 Å². The van der Waals surface area contributed by atoms with Gasteiger partial charge in [-0.1, -0.05) is 20.4 Å². The molecule has 0 radical (unpaired) electrons. The van der Waals surface area contributed by atoms with Crippen molar-refractivity contribution in [3.8, 4) is 0 Å². The van der Waals surface area contributed by atoms with Crippen molar-refractivity contribution >= 4 is 18.1 Å². The monoisotopic (exact) mass is 236 g/mol. The van der Waals surface area contributed by atoms with Crippen molar-refractivity contribution in [2.75, 3.05) is 14.2 Å². The predicted octanol–water partition coefficient (Wildman–Crippen LogP) is 1.20. The Labute approximate surface area is 99.8 Å². The normalized spacial score (nSPS) is 13.3. The minimum Gasteiger partial charge on any atom is -0.493 e. The summed E-state index contributed by atoms with van der Waals surface area (Å²) in [4.78, 5) is 11.8. The molecule has 4 nitrogen and oxygen atoms in total. The molecule has 0 unspecified atom stereocenters. The minimum absolute atomic E-state index is 0.216. The number of carbonyl (C=O) groups excluding carboxylic acids is 1. The Bertz CT molecular complexity index is 548. The van der Waals surface area contributed by atoms with Crippen molar-refractivity contribution in [3.05, 3.63) is 34.3 Å². The molecule has 0 saturated heterocycles. The smallest absolute Gasteiger partial charge is 0.231 e. The molecule has 1 aromatic rings. The number of Topliss-reactive ketones (excluding diaryl/α,β-unsaturated/α-hetero) is 1. The Morgan fingerprint density at radius 3 is 2.41 bits per heavy atom. The molecule has 2 rings (SSSR count). The average molecular weight is 236 g/mol. The van der Waals surface area contributed by atoms with Crippen LogP contribution in [0, 0.1) is 0 Å². The van der Waals surface area contributed by atoms with Crippen LogP contribution in [0.15, 0.2) is 22.3 Å². The number of hydrogen-bond acceptors (Lipinski definition) is 4. The first-order chi connectivity index (χ1) is 8.17. The van der Waals surface area contributed by atoms with E-state index in [1.54, 1.807) is 6.07 Å². The molecule has 0 atom stereocenters. The number of ketones is 1. The Morgan fingerprint density at radius 2 is 1.88 bits per heavy atom. The summed E-state index contributed by atoms with van der Waals surface area (Å²) < 4.78 is 15.3. The molecule has 0 saturated carbocycles. The average Bonchev–Trinajstić information content (AvgIpc) is 2.75. The molecule has 0 N–H and O–H groups in total. The van der Waals surface area contributed by atoms with Crippen LogP contribution in [0.25, 0.3) is 12.3 Å². The topological polar surface area (TPSA) is 48.7 Å². The number of methoxy groups -OCH3 is 2. The highest BCUT2D eigenvalue weighted by molar-refractivity contribution is 6.09. The third-order valence-electron chi connectivity index (χ3n) is 2.18. The van der Waals surface area contributed by atoms with Crippen molar-refractivity contribution in [2.24, 2.45) is 0 Å². The fourth-order valence-corrected chi connectivity index (χ4v) is 1.48. The van der Waals surface area contributed by atoms with Crippen LogP contribution < -0.4 is 10.8 Å². The van der Waals surface area contributed by atoms with Gasteiger partial charge in [0.25, 0.3) is 0 Å². The van der Waals surface area contributed by atoms with Crippen molar-refractivity contribution in [2.45, 2.75) is 13.8 Å². The first-order valence-corrected chi connectivity index (χ1v) is 5.35. The Kier molecular flexibility index (Phi) is 4.15. The first kappa shape index (κ1) is 13.1. The van der Waals surface area contributed by atoms with E-state index in [-0.39, 0.29) is 11.5 Å². The zero-order valence-corrected chi connectivity index (χ0v) is 10.5. The van der Waals surface area contributed by atoms with Crippen molar-refractivity contribution in [3.63, 3.8) is 0 Å². The van der Waals surface area contributed by atoms with Crippen LogP contribution in [0.3, 0.4) is 0 Å². The van der Waals surface area contributed by atoms with Gasteiger partial charge in [0.05, 0.1) is 19.8 Å². The van der Waals surface area contributed by atoms with E-state index in [0.717, 1.165) is 0 Å². The highest BCUT2D eigenvalue weighted by atomic mass is 16.5. The molecule has 1 heterocycles. The summed E-state index contributed by atoms with van der Waals surface area (Å²) in [6.45, 7) is 7.63. The summed E-state index contributed by atoms with van der Waals surface area (Å²) in [6.07, 6.45) is 1.51. The fraction of sp³-hybridized carbons (Fsp3) is 0.308. The van der Waals surface area contributed by atoms with Gasteiger partial charge in [0, 0.05) is 6.08 Å². The Morgan fingerprint density at radius 1 is 1.24 bits per heavy atom. The van der Waals surface area contributed by atoms with Crippen LogP contribution in [0.4, 0.5) is 0 Å². The lowest BCUT2D eigenvalue weighted by atomic mass is 10.1. The maximum absolute atomic E-state index is 11.8. The SMILES string of the molecule is C=c1cc2c(o1)=C(OC)C=C(OC)C2=O.CC. The predicted molar refractivity (Wildman–Crippen MR) is 64.7 cm³/mol. The van der Waals surface area contributed by atoms with E-state index in [2.05, 4.69) is 6.58 Å². The minimum atomic E-state index is -0.216. The molecule has 0 amide bonds. The van der Waals surface area contributed by atoms with Gasteiger partial charge in [-0.05, 0) is 6.07 Å². The molecule has 1 aliphatic rings. The van der Waals surface area contributed by atoms with E-state index in [4.69, 9.17) is 13.9 Å². The number of fused-ring (bicyclic) bond motifs is 1. The van der Waals surface area contributed by atoms with Gasteiger partial charge in [0.1, 0.15) is 5.42 Å². The molecule has 0 bridgehead atoms. The summed E-state index contributed by atoms with van der Waals surface area (Å²) >= 11 is 0. The second-order valence-corrected chi connectivity index (χ2v) is 3.07. The van der Waals surface area contributed by atoms with Gasteiger partial charge in [-0.15, -0.1) is 0 Å². The van der Waals surface area contributed by atoms with Crippen LogP contribution in [0.1, 0.15) is 24.2 Å². The van der Waals surface area contributed by atoms with Crippen LogP contribution >= 0.6 is 0 Å². The van der Waals surface area contributed by atoms with Crippen LogP contribution in [-0.4, -0.2) is 20.0 Å². The highest BCUT2D eigenvalue weighted by Crippen LogP contribution is 2.14. The summed E-state index contributed by atoms with van der Waals surface area (Å²) in [5.74, 6) is 0.489. The fourth-order valence-electron chi connectivity index (χ4n) is 1.48. The van der Waals surface area contributed by atoms with Crippen LogP contribution in [0.2, 0.25) is 0 Å². The number of allylic oxidation sites excluding steroid dienone is 1. The summed E-state index contributed by atoms with van der Waals surface area (Å²) in [7, 11) is 2.94. The van der Waals surface area contributed by atoms with Crippen LogP contribution in [0.5, 0.6) is 0 Å². The summed E-state index contributed by atoms with van der Waals surface area (Å²) in [6, 6.07) is 1.57. The third-order valence-corrected chi connectivity index (χ3v) is 2.18. The van der Waals surface area contributed by atoms with Gasteiger partial charge in [0.2, 0.25) is 5.78 Å². The number of ether oxygens (including phenoxy) is 2. The number of rotatable bonds is 2. The molecule has 0 spiro atoms. The van der Waals surface area contributed by atoms with Gasteiger partial charge >= 0.3 is 0 Å². The van der Waals surface area contributed by atoms with E-state index < -0.39 is 0 Å². The van der Waals surface area contributed by atoms with Gasteiger partial charge in [-0.3, -0.25) is 4.79 Å². The molecule has 0 aromatic carbocycles. The molecule has 92 valence electrons. The second kappa shape index (κ2) is 5.39. The van der Waals surface area contributed by atoms with Crippen molar-refractivity contribution in [1.82, 2.24) is 0 Å². The Hall–Kier alpha value is -1.97. The molecule has 17 heavy (non-hydrogen) atoms. The maximum Gasteiger partial charge on any atom is 0.231 e. The Balaban J connectivity index is 0.000000686. The van der Waals surface area contributed by atoms with Crippen LogP contribution in [-0.2, 0) is 9.47 Å². The van der Waals surface area contributed by atoms with Gasteiger partial charge in [-0.25, -0.2) is 0 Å². The van der Waals surface area contributed by atoms with Gasteiger partial charge in [0.15, 0.2) is 16.9 Å². The zero-order chi connectivity index (χ0) is 13.0. The van der Waals surface area contributed by atoms with Crippen molar-refractivity contribution < 1.29 is 18.7 Å². The highest BCUT2D eigenvalue weighted by Gasteiger charge is 2.24. The molecular weight excluding hydrogens is 220 g/mol. The van der Waals surface area contributed by atoms with E-state index in [9.17, 15) is 4.79 Å². The summed E-state index contributed by atoms with van der Waals surface area (Å²) in [5.41, 5.74) is 1.26. The van der Waals surface area contributed by atoms with E-state index >= 15 is 0 Å². The number of furan rings is 1. The second-order valence-electron chi connectivity index (χ2n) is 3.07. The first-order valence-electron chi connectivity index (χ1n) is 5.35. The lowest BCUT2D eigenvalue weighted by molar-refractivity contribution is 0.0947. The largest absolute Gasteiger partial charge is 0.493 e. The molecule has 0 fully saturated rings. The molecule has 0 aliphatic heterocycles. The molecule has 1 aromatic heterocycles. The quantitative estimate of drug-likeness (QED) is 0.774. The lowest BCUT2D eigenvalue weighted by Crippen LogP contribution is -2.21. The molecule has 1 aliphatic carbocycles. The van der Waals surface area contributed by atoms with Crippen molar-refractivity contribution in [1.29, 1.82) is 0 Å². The van der Waals surface area contributed by atoms with E-state index in [0.29, 0.717) is 22.2 Å². The zero-order valence-electron chi connectivity index (χ0n) is 10.5. The standard InChI is InChI=1S/C11H10O4.C2H6/c1-6-4-7-10(12)8(13-2)5-9(14-3)11(7)15-6;1-2/h4-5H,1H2,2-3H3;1-2H3. The number of carbonyl (C=O) groups is 1. The van der Waals surface area contributed by atoms with E-state index in [1.807, 2.05) is 13.8 Å². The molecule has 4 heteroatoms. The van der Waals surface area contributed by atoms with Gasteiger partial charge in [-0.2, -0.15) is 0 Å². The summed E-state index contributed by atoms with van der Waals surface area (Å²) in [5, 5.41) is 0. The molecular formula is C13H16O4. The number of hydrogen-bond donors (Lipinski definition) is 0. The van der Waals surface area contributed by atoms with E-state index in [1.165, 1.54) is 20.3 Å². The third kappa shape index (κ3) is 2.25. The lowest BCUT2D eigenvalue weighted by Gasteiger charge is -2.09.